The number of hydrogen-bond acceptors (Lipinski definition) is 3. The lowest BCUT2D eigenvalue weighted by Gasteiger charge is -2.23. The Labute approximate surface area is 120 Å². The van der Waals surface area contributed by atoms with Crippen LogP contribution in [0, 0.1) is 12.8 Å². The Morgan fingerprint density at radius 1 is 1.40 bits per heavy atom. The highest BCUT2D eigenvalue weighted by atomic mass is 16.3. The van der Waals surface area contributed by atoms with E-state index in [0.717, 1.165) is 43.7 Å². The molecule has 4 nitrogen and oxygen atoms in total. The van der Waals surface area contributed by atoms with Gasteiger partial charge in [-0.15, -0.1) is 0 Å². The highest BCUT2D eigenvalue weighted by Crippen LogP contribution is 2.26. The second-order valence-corrected chi connectivity index (χ2v) is 6.03. The average molecular weight is 273 g/mol. The maximum Gasteiger partial charge on any atom is 0.137 e. The number of aliphatic hydroxyl groups is 1. The summed E-state index contributed by atoms with van der Waals surface area (Å²) in [7, 11) is 2.13. The number of nitrogens with zero attached hydrogens (tertiary/aromatic N) is 3. The fourth-order valence-corrected chi connectivity index (χ4v) is 3.31. The lowest BCUT2D eigenvalue weighted by atomic mass is 10.1. The standard InChI is InChI=1S/C16H23N3O/c1-12-14(19-9-4-3-8-16(19)17-12)11-18(2)10-13-6-5-7-15(13)20/h3-4,8-9,13,15,20H,5-7,10-11H2,1-2H3. The molecule has 3 rings (SSSR count). The van der Waals surface area contributed by atoms with Gasteiger partial charge in [0.05, 0.1) is 17.5 Å². The van der Waals surface area contributed by atoms with E-state index in [0.29, 0.717) is 5.92 Å². The normalized spacial score (nSPS) is 23.0. The van der Waals surface area contributed by atoms with Crippen molar-refractivity contribution in [3.8, 4) is 0 Å². The molecule has 0 bridgehead atoms. The van der Waals surface area contributed by atoms with Crippen LogP contribution in [0.1, 0.15) is 30.7 Å². The topological polar surface area (TPSA) is 40.8 Å². The number of fused-ring (bicyclic) bond motifs is 1. The number of rotatable bonds is 4. The summed E-state index contributed by atoms with van der Waals surface area (Å²) in [6.07, 6.45) is 5.24. The molecule has 1 saturated carbocycles. The van der Waals surface area contributed by atoms with Gasteiger partial charge in [-0.1, -0.05) is 12.5 Å². The fraction of sp³-hybridized carbons (Fsp3) is 0.562. The Bertz CT molecular complexity index is 592. The molecule has 0 radical (unpaired) electrons. The molecule has 2 aromatic heterocycles. The molecule has 0 spiro atoms. The van der Waals surface area contributed by atoms with Crippen LogP contribution in [0.2, 0.25) is 0 Å². The van der Waals surface area contributed by atoms with Crippen LogP contribution in [0.3, 0.4) is 0 Å². The predicted octanol–water partition coefficient (Wildman–Crippen LogP) is 2.24. The van der Waals surface area contributed by atoms with Crippen molar-refractivity contribution in [2.75, 3.05) is 13.6 Å². The van der Waals surface area contributed by atoms with E-state index < -0.39 is 0 Å². The zero-order valence-corrected chi connectivity index (χ0v) is 12.3. The molecule has 0 aromatic carbocycles. The average Bonchev–Trinajstić information content (AvgIpc) is 2.95. The van der Waals surface area contributed by atoms with Gasteiger partial charge in [-0.05, 0) is 44.9 Å². The monoisotopic (exact) mass is 273 g/mol. The second-order valence-electron chi connectivity index (χ2n) is 6.03. The first-order chi connectivity index (χ1) is 9.65. The van der Waals surface area contributed by atoms with Crippen LogP contribution in [-0.2, 0) is 6.54 Å². The fourth-order valence-electron chi connectivity index (χ4n) is 3.31. The summed E-state index contributed by atoms with van der Waals surface area (Å²) in [6, 6.07) is 6.10. The van der Waals surface area contributed by atoms with Crippen LogP contribution in [0.25, 0.3) is 5.65 Å². The molecule has 1 N–H and O–H groups in total. The summed E-state index contributed by atoms with van der Waals surface area (Å²) in [4.78, 5) is 6.91. The second kappa shape index (κ2) is 5.54. The third-order valence-electron chi connectivity index (χ3n) is 4.41. The van der Waals surface area contributed by atoms with Crippen LogP contribution in [0.5, 0.6) is 0 Å². The molecule has 1 aliphatic rings. The van der Waals surface area contributed by atoms with Gasteiger partial charge in [-0.25, -0.2) is 4.98 Å². The summed E-state index contributed by atoms with van der Waals surface area (Å²) < 4.78 is 2.16. The Kier molecular flexibility index (Phi) is 3.76. The smallest absolute Gasteiger partial charge is 0.137 e. The van der Waals surface area contributed by atoms with Gasteiger partial charge >= 0.3 is 0 Å². The number of aliphatic hydroxyl groups excluding tert-OH is 1. The van der Waals surface area contributed by atoms with Crippen LogP contribution >= 0.6 is 0 Å². The minimum absolute atomic E-state index is 0.110. The van der Waals surface area contributed by atoms with Crippen molar-refractivity contribution in [1.82, 2.24) is 14.3 Å². The Balaban J connectivity index is 1.74. The lowest BCUT2D eigenvalue weighted by Crippen LogP contribution is -2.30. The molecule has 108 valence electrons. The number of aromatic nitrogens is 2. The van der Waals surface area contributed by atoms with Gasteiger partial charge in [-0.2, -0.15) is 0 Å². The van der Waals surface area contributed by atoms with E-state index >= 15 is 0 Å². The Morgan fingerprint density at radius 2 is 2.25 bits per heavy atom. The van der Waals surface area contributed by atoms with Gasteiger partial charge in [0.25, 0.3) is 0 Å². The summed E-state index contributed by atoms with van der Waals surface area (Å²) in [6.45, 7) is 3.90. The van der Waals surface area contributed by atoms with Crippen molar-refractivity contribution < 1.29 is 5.11 Å². The number of pyridine rings is 1. The third-order valence-corrected chi connectivity index (χ3v) is 4.41. The van der Waals surface area contributed by atoms with E-state index in [4.69, 9.17) is 0 Å². The van der Waals surface area contributed by atoms with Crippen molar-refractivity contribution in [3.63, 3.8) is 0 Å². The maximum absolute atomic E-state index is 9.95. The Hall–Kier alpha value is -1.39. The largest absolute Gasteiger partial charge is 0.393 e. The lowest BCUT2D eigenvalue weighted by molar-refractivity contribution is 0.107. The van der Waals surface area contributed by atoms with Gasteiger partial charge in [-0.3, -0.25) is 0 Å². The van der Waals surface area contributed by atoms with Gasteiger partial charge in [0.15, 0.2) is 0 Å². The van der Waals surface area contributed by atoms with Crippen molar-refractivity contribution in [2.24, 2.45) is 5.92 Å². The molecule has 2 aromatic rings. The summed E-state index contributed by atoms with van der Waals surface area (Å²) in [5.41, 5.74) is 3.35. The van der Waals surface area contributed by atoms with E-state index in [1.807, 2.05) is 18.2 Å². The van der Waals surface area contributed by atoms with Gasteiger partial charge in [0.2, 0.25) is 0 Å². The molecular weight excluding hydrogens is 250 g/mol. The Morgan fingerprint density at radius 3 is 3.00 bits per heavy atom. The van der Waals surface area contributed by atoms with E-state index in [-0.39, 0.29) is 6.10 Å². The highest BCUT2D eigenvalue weighted by molar-refractivity contribution is 5.42. The molecule has 2 atom stereocenters. The first-order valence-corrected chi connectivity index (χ1v) is 7.44. The first-order valence-electron chi connectivity index (χ1n) is 7.44. The molecule has 1 fully saturated rings. The van der Waals surface area contributed by atoms with E-state index in [1.165, 1.54) is 5.69 Å². The van der Waals surface area contributed by atoms with Gasteiger partial charge < -0.3 is 14.4 Å². The molecular formula is C16H23N3O. The van der Waals surface area contributed by atoms with E-state index in [9.17, 15) is 5.11 Å². The number of hydrogen-bond donors (Lipinski definition) is 1. The zero-order valence-electron chi connectivity index (χ0n) is 12.3. The summed E-state index contributed by atoms with van der Waals surface area (Å²) >= 11 is 0. The first kappa shape index (κ1) is 13.6. The summed E-state index contributed by atoms with van der Waals surface area (Å²) in [5.74, 6) is 0.430. The minimum atomic E-state index is -0.110. The maximum atomic E-state index is 9.95. The van der Waals surface area contributed by atoms with Crippen molar-refractivity contribution in [2.45, 2.75) is 38.8 Å². The van der Waals surface area contributed by atoms with Crippen LogP contribution < -0.4 is 0 Å². The summed E-state index contributed by atoms with van der Waals surface area (Å²) in [5, 5.41) is 9.95. The van der Waals surface area contributed by atoms with Crippen molar-refractivity contribution in [3.05, 3.63) is 35.8 Å². The number of imidazole rings is 1. The van der Waals surface area contributed by atoms with Crippen molar-refractivity contribution in [1.29, 1.82) is 0 Å². The molecule has 0 saturated heterocycles. The highest BCUT2D eigenvalue weighted by Gasteiger charge is 2.26. The van der Waals surface area contributed by atoms with Crippen LogP contribution in [-0.4, -0.2) is 39.1 Å². The molecule has 0 amide bonds. The minimum Gasteiger partial charge on any atom is -0.393 e. The molecule has 0 aliphatic heterocycles. The molecule has 4 heteroatoms. The van der Waals surface area contributed by atoms with Gasteiger partial charge in [0.1, 0.15) is 5.65 Å². The third kappa shape index (κ3) is 2.58. The van der Waals surface area contributed by atoms with E-state index in [2.05, 4.69) is 34.5 Å². The van der Waals surface area contributed by atoms with Crippen LogP contribution in [0.15, 0.2) is 24.4 Å². The van der Waals surface area contributed by atoms with Crippen LogP contribution in [0.4, 0.5) is 0 Å². The SMILES string of the molecule is Cc1nc2ccccn2c1CN(C)CC1CCCC1O. The molecule has 2 heterocycles. The van der Waals surface area contributed by atoms with Crippen molar-refractivity contribution >= 4 is 5.65 Å². The number of aryl methyl sites for hydroxylation is 1. The zero-order chi connectivity index (χ0) is 14.1. The van der Waals surface area contributed by atoms with Gasteiger partial charge in [0, 0.05) is 19.3 Å². The predicted molar refractivity (Wildman–Crippen MR) is 79.6 cm³/mol. The molecule has 2 unspecified atom stereocenters. The molecule has 1 aliphatic carbocycles. The molecule has 20 heavy (non-hydrogen) atoms. The quantitative estimate of drug-likeness (QED) is 0.928. The van der Waals surface area contributed by atoms with E-state index in [1.54, 1.807) is 0 Å².